The standard InChI is InChI=1S/C12H12BrClN2O/c1-17-8-11-6-12(14)16(15-11)7-9-2-4-10(13)5-3-9/h2-6H,7-8H2,1H3. The minimum Gasteiger partial charge on any atom is -0.378 e. The first kappa shape index (κ1) is 12.6. The van der Waals surface area contributed by atoms with Gasteiger partial charge in [0.25, 0.3) is 0 Å². The van der Waals surface area contributed by atoms with Gasteiger partial charge in [-0.05, 0) is 17.7 Å². The topological polar surface area (TPSA) is 27.1 Å². The number of methoxy groups -OCH3 is 1. The van der Waals surface area contributed by atoms with Gasteiger partial charge in [0.05, 0.1) is 18.8 Å². The van der Waals surface area contributed by atoms with Crippen molar-refractivity contribution in [1.82, 2.24) is 9.78 Å². The van der Waals surface area contributed by atoms with Gasteiger partial charge in [0, 0.05) is 17.6 Å². The molecule has 5 heteroatoms. The van der Waals surface area contributed by atoms with Gasteiger partial charge in [0.1, 0.15) is 5.15 Å². The van der Waals surface area contributed by atoms with Crippen LogP contribution < -0.4 is 0 Å². The lowest BCUT2D eigenvalue weighted by Crippen LogP contribution is -2.02. The second-order valence-corrected chi connectivity index (χ2v) is 4.98. The summed E-state index contributed by atoms with van der Waals surface area (Å²) in [5.41, 5.74) is 2.00. The van der Waals surface area contributed by atoms with E-state index < -0.39 is 0 Å². The first-order chi connectivity index (χ1) is 8.19. The smallest absolute Gasteiger partial charge is 0.127 e. The number of hydrogen-bond acceptors (Lipinski definition) is 2. The van der Waals surface area contributed by atoms with Crippen LogP contribution in [0.1, 0.15) is 11.3 Å². The van der Waals surface area contributed by atoms with Gasteiger partial charge < -0.3 is 4.74 Å². The third-order valence-electron chi connectivity index (χ3n) is 2.32. The first-order valence-corrected chi connectivity index (χ1v) is 6.32. The molecule has 0 saturated carbocycles. The Morgan fingerprint density at radius 3 is 2.71 bits per heavy atom. The minimum atomic E-state index is 0.479. The summed E-state index contributed by atoms with van der Waals surface area (Å²) in [6.07, 6.45) is 0. The van der Waals surface area contributed by atoms with Crippen molar-refractivity contribution < 1.29 is 4.74 Å². The van der Waals surface area contributed by atoms with Gasteiger partial charge in [-0.15, -0.1) is 0 Å². The SMILES string of the molecule is COCc1cc(Cl)n(Cc2ccc(Br)cc2)n1. The third kappa shape index (κ3) is 3.31. The zero-order chi connectivity index (χ0) is 12.3. The maximum absolute atomic E-state index is 6.10. The average Bonchev–Trinajstić information content (AvgIpc) is 2.63. The van der Waals surface area contributed by atoms with Gasteiger partial charge in [-0.3, -0.25) is 0 Å². The van der Waals surface area contributed by atoms with Crippen molar-refractivity contribution in [3.63, 3.8) is 0 Å². The molecule has 0 aliphatic rings. The minimum absolute atomic E-state index is 0.479. The highest BCUT2D eigenvalue weighted by Crippen LogP contribution is 2.16. The van der Waals surface area contributed by atoms with Crippen molar-refractivity contribution in [2.24, 2.45) is 0 Å². The molecule has 0 saturated heterocycles. The van der Waals surface area contributed by atoms with E-state index in [1.807, 2.05) is 30.3 Å². The van der Waals surface area contributed by atoms with Crippen LogP contribution in [0.3, 0.4) is 0 Å². The molecule has 0 spiro atoms. The summed E-state index contributed by atoms with van der Waals surface area (Å²) in [6, 6.07) is 9.91. The summed E-state index contributed by atoms with van der Waals surface area (Å²) in [5.74, 6) is 0. The summed E-state index contributed by atoms with van der Waals surface area (Å²) in [7, 11) is 1.64. The van der Waals surface area contributed by atoms with E-state index in [4.69, 9.17) is 16.3 Å². The summed E-state index contributed by atoms with van der Waals surface area (Å²) in [6.45, 7) is 1.14. The van der Waals surface area contributed by atoms with E-state index in [0.717, 1.165) is 15.7 Å². The number of aromatic nitrogens is 2. The number of halogens is 2. The molecule has 1 heterocycles. The molecule has 0 atom stereocenters. The maximum atomic E-state index is 6.10. The van der Waals surface area contributed by atoms with E-state index in [2.05, 4.69) is 21.0 Å². The number of benzene rings is 1. The fourth-order valence-electron chi connectivity index (χ4n) is 1.54. The van der Waals surface area contributed by atoms with Gasteiger partial charge in [-0.1, -0.05) is 39.7 Å². The molecule has 90 valence electrons. The van der Waals surface area contributed by atoms with Crippen molar-refractivity contribution in [2.45, 2.75) is 13.2 Å². The number of rotatable bonds is 4. The molecule has 0 aliphatic heterocycles. The van der Waals surface area contributed by atoms with Crippen molar-refractivity contribution in [3.05, 3.63) is 51.2 Å². The molecule has 1 aromatic heterocycles. The molecule has 0 radical (unpaired) electrons. The zero-order valence-corrected chi connectivity index (χ0v) is 11.7. The second kappa shape index (κ2) is 5.67. The van der Waals surface area contributed by atoms with E-state index in [0.29, 0.717) is 18.3 Å². The highest BCUT2D eigenvalue weighted by atomic mass is 79.9. The van der Waals surface area contributed by atoms with Crippen LogP contribution in [0.2, 0.25) is 5.15 Å². The van der Waals surface area contributed by atoms with Crippen LogP contribution in [0, 0.1) is 0 Å². The van der Waals surface area contributed by atoms with Crippen LogP contribution in [-0.2, 0) is 17.9 Å². The fraction of sp³-hybridized carbons (Fsp3) is 0.250. The summed E-state index contributed by atoms with van der Waals surface area (Å²) < 4.78 is 7.85. The third-order valence-corrected chi connectivity index (χ3v) is 3.15. The molecule has 0 amide bonds. The van der Waals surface area contributed by atoms with E-state index in [9.17, 15) is 0 Å². The predicted octanol–water partition coefficient (Wildman–Crippen LogP) is 3.49. The highest BCUT2D eigenvalue weighted by Gasteiger charge is 2.06. The van der Waals surface area contributed by atoms with Crippen molar-refractivity contribution in [1.29, 1.82) is 0 Å². The van der Waals surface area contributed by atoms with E-state index in [1.165, 1.54) is 0 Å². The molecule has 2 aromatic rings. The Morgan fingerprint density at radius 2 is 2.06 bits per heavy atom. The van der Waals surface area contributed by atoms with Gasteiger partial charge >= 0.3 is 0 Å². The summed E-state index contributed by atoms with van der Waals surface area (Å²) in [5, 5.41) is 4.99. The Morgan fingerprint density at radius 1 is 1.35 bits per heavy atom. The lowest BCUT2D eigenvalue weighted by atomic mass is 10.2. The molecule has 17 heavy (non-hydrogen) atoms. The molecular weight excluding hydrogens is 304 g/mol. The Bertz CT molecular complexity index is 496. The Kier molecular flexibility index (Phi) is 4.20. The van der Waals surface area contributed by atoms with Crippen LogP contribution in [0.25, 0.3) is 0 Å². The maximum Gasteiger partial charge on any atom is 0.127 e. The molecule has 1 aromatic carbocycles. The van der Waals surface area contributed by atoms with Gasteiger partial charge in [-0.25, -0.2) is 4.68 Å². The van der Waals surface area contributed by atoms with Crippen molar-refractivity contribution >= 4 is 27.5 Å². The normalized spacial score (nSPS) is 10.8. The van der Waals surface area contributed by atoms with E-state index in [1.54, 1.807) is 11.8 Å². The molecular formula is C12H12BrClN2O. The Hall–Kier alpha value is -0.840. The Balaban J connectivity index is 2.15. The Labute approximate surface area is 113 Å². The monoisotopic (exact) mass is 314 g/mol. The van der Waals surface area contributed by atoms with Crippen LogP contribution in [0.15, 0.2) is 34.8 Å². The highest BCUT2D eigenvalue weighted by molar-refractivity contribution is 9.10. The average molecular weight is 316 g/mol. The number of hydrogen-bond donors (Lipinski definition) is 0. The summed E-state index contributed by atoms with van der Waals surface area (Å²) in [4.78, 5) is 0. The largest absolute Gasteiger partial charge is 0.378 e. The lowest BCUT2D eigenvalue weighted by Gasteiger charge is -2.03. The van der Waals surface area contributed by atoms with Crippen LogP contribution >= 0.6 is 27.5 Å². The van der Waals surface area contributed by atoms with Gasteiger partial charge in [0.2, 0.25) is 0 Å². The van der Waals surface area contributed by atoms with E-state index >= 15 is 0 Å². The zero-order valence-electron chi connectivity index (χ0n) is 9.36. The number of ether oxygens (including phenoxy) is 1. The molecule has 0 unspecified atom stereocenters. The molecule has 0 fully saturated rings. The van der Waals surface area contributed by atoms with E-state index in [-0.39, 0.29) is 0 Å². The first-order valence-electron chi connectivity index (χ1n) is 5.14. The fourth-order valence-corrected chi connectivity index (χ4v) is 2.02. The van der Waals surface area contributed by atoms with Crippen molar-refractivity contribution in [2.75, 3.05) is 7.11 Å². The molecule has 0 N–H and O–H groups in total. The number of nitrogens with zero attached hydrogens (tertiary/aromatic N) is 2. The van der Waals surface area contributed by atoms with Crippen molar-refractivity contribution in [3.8, 4) is 0 Å². The molecule has 0 bridgehead atoms. The quantitative estimate of drug-likeness (QED) is 0.863. The lowest BCUT2D eigenvalue weighted by molar-refractivity contribution is 0.181. The summed E-state index contributed by atoms with van der Waals surface area (Å²) >= 11 is 9.50. The second-order valence-electron chi connectivity index (χ2n) is 3.68. The predicted molar refractivity (Wildman–Crippen MR) is 71.2 cm³/mol. The van der Waals surface area contributed by atoms with Gasteiger partial charge in [0.15, 0.2) is 0 Å². The van der Waals surface area contributed by atoms with Crippen LogP contribution in [0.5, 0.6) is 0 Å². The van der Waals surface area contributed by atoms with Crippen LogP contribution in [0.4, 0.5) is 0 Å². The van der Waals surface area contributed by atoms with Crippen LogP contribution in [-0.4, -0.2) is 16.9 Å². The molecule has 3 nitrogen and oxygen atoms in total. The molecule has 2 rings (SSSR count). The van der Waals surface area contributed by atoms with Gasteiger partial charge in [-0.2, -0.15) is 5.10 Å². The molecule has 0 aliphatic carbocycles.